The number of carbonyl (C=O) groups is 1. The molecule has 0 bridgehead atoms. The van der Waals surface area contributed by atoms with Crippen LogP contribution in [-0.2, 0) is 9.53 Å². The Balaban J connectivity index is 2.00. The summed E-state index contributed by atoms with van der Waals surface area (Å²) in [5.74, 6) is -1.14. The van der Waals surface area contributed by atoms with Gasteiger partial charge in [0.05, 0.1) is 13.2 Å². The molecule has 29 heavy (non-hydrogen) atoms. The summed E-state index contributed by atoms with van der Waals surface area (Å²) >= 11 is 0. The Kier molecular flexibility index (Phi) is 8.27. The number of halogens is 4. The van der Waals surface area contributed by atoms with E-state index in [1.165, 1.54) is 18.2 Å². The molecule has 0 spiro atoms. The average molecular weight is 420 g/mol. The van der Waals surface area contributed by atoms with Crippen LogP contribution in [0.25, 0.3) is 6.08 Å². The summed E-state index contributed by atoms with van der Waals surface area (Å²) in [5.41, 5.74) is -0.166. The third kappa shape index (κ3) is 7.54. The summed E-state index contributed by atoms with van der Waals surface area (Å²) in [4.78, 5) is 14.3. The molecule has 0 unspecified atom stereocenters. The highest BCUT2D eigenvalue weighted by molar-refractivity contribution is 5.92. The lowest BCUT2D eigenvalue weighted by Gasteiger charge is -2.40. The molecular weight excluding hydrogens is 396 g/mol. The molecule has 0 saturated carbocycles. The fourth-order valence-corrected chi connectivity index (χ4v) is 2.83. The lowest BCUT2D eigenvalue weighted by molar-refractivity contribution is -0.117. The minimum atomic E-state index is -3.16. The number of amides is 1. The largest absolute Gasteiger partial charge is 0.435 e. The number of carbonyl (C=O) groups excluding carboxylic acids is 1. The molecule has 6 nitrogen and oxygen atoms in total. The van der Waals surface area contributed by atoms with Crippen LogP contribution in [0.3, 0.4) is 0 Å². The number of hydrogen-bond acceptors (Lipinski definition) is 5. The average Bonchev–Trinajstić information content (AvgIpc) is 2.65. The standard InChI is InChI=1S/C19H24F4N2O4/c1-19(2,25-7-9-27-10-8-25)12-24-16(26)6-4-13-3-5-14(28-17(20)21)11-15(13)29-18(22)23/h3-6,11,17-18H,7-10,12H2,1-2H3,(H,24,26)/b6-4+. The lowest BCUT2D eigenvalue weighted by atomic mass is 10.0. The monoisotopic (exact) mass is 420 g/mol. The van der Waals surface area contributed by atoms with E-state index in [1.807, 2.05) is 13.8 Å². The molecular formula is C19H24F4N2O4. The smallest absolute Gasteiger partial charge is 0.387 e. The zero-order chi connectivity index (χ0) is 21.4. The second kappa shape index (κ2) is 10.4. The number of nitrogens with one attached hydrogen (secondary N) is 1. The molecule has 0 atom stereocenters. The third-order valence-corrected chi connectivity index (χ3v) is 4.40. The molecule has 1 aromatic rings. The maximum Gasteiger partial charge on any atom is 0.387 e. The van der Waals surface area contributed by atoms with E-state index in [1.54, 1.807) is 0 Å². The highest BCUT2D eigenvalue weighted by Gasteiger charge is 2.28. The normalized spacial score (nSPS) is 15.9. The Morgan fingerprint density at radius 1 is 1.21 bits per heavy atom. The number of hydrogen-bond donors (Lipinski definition) is 1. The van der Waals surface area contributed by atoms with Crippen LogP contribution in [0.1, 0.15) is 19.4 Å². The van der Waals surface area contributed by atoms with Crippen molar-refractivity contribution in [3.8, 4) is 11.5 Å². The van der Waals surface area contributed by atoms with Gasteiger partial charge in [-0.05, 0) is 32.1 Å². The molecule has 0 aromatic heterocycles. The summed E-state index contributed by atoms with van der Waals surface area (Å²) < 4.78 is 63.6. The highest BCUT2D eigenvalue weighted by Crippen LogP contribution is 2.28. The SMILES string of the molecule is CC(C)(CNC(=O)/C=C/c1ccc(OC(F)F)cc1OC(F)F)N1CCOCC1. The zero-order valence-corrected chi connectivity index (χ0v) is 16.2. The Bertz CT molecular complexity index is 707. The summed E-state index contributed by atoms with van der Waals surface area (Å²) in [6.45, 7) is 0.906. The van der Waals surface area contributed by atoms with Crippen molar-refractivity contribution in [3.63, 3.8) is 0 Å². The van der Waals surface area contributed by atoms with E-state index in [4.69, 9.17) is 4.74 Å². The molecule has 1 heterocycles. The van der Waals surface area contributed by atoms with Crippen LogP contribution in [0.5, 0.6) is 11.5 Å². The van der Waals surface area contributed by atoms with E-state index in [-0.39, 0.29) is 22.6 Å². The molecule has 1 aromatic carbocycles. The Labute approximate surface area is 166 Å². The van der Waals surface area contributed by atoms with Crippen molar-refractivity contribution in [2.24, 2.45) is 0 Å². The zero-order valence-electron chi connectivity index (χ0n) is 16.2. The summed E-state index contributed by atoms with van der Waals surface area (Å²) in [5, 5.41) is 2.77. The van der Waals surface area contributed by atoms with Crippen molar-refractivity contribution >= 4 is 12.0 Å². The molecule has 162 valence electrons. The van der Waals surface area contributed by atoms with Crippen molar-refractivity contribution < 1.29 is 36.6 Å². The molecule has 1 saturated heterocycles. The van der Waals surface area contributed by atoms with E-state index in [0.717, 1.165) is 25.2 Å². The number of ether oxygens (including phenoxy) is 3. The fraction of sp³-hybridized carbons (Fsp3) is 0.526. The van der Waals surface area contributed by atoms with Gasteiger partial charge in [-0.3, -0.25) is 9.69 Å². The number of morpholine rings is 1. The van der Waals surface area contributed by atoms with Gasteiger partial charge in [0.2, 0.25) is 5.91 Å². The van der Waals surface area contributed by atoms with Gasteiger partial charge in [-0.15, -0.1) is 0 Å². The molecule has 1 N–H and O–H groups in total. The maximum absolute atomic E-state index is 12.6. The van der Waals surface area contributed by atoms with Gasteiger partial charge in [-0.25, -0.2) is 0 Å². The number of alkyl halides is 4. The van der Waals surface area contributed by atoms with Gasteiger partial charge in [0, 0.05) is 42.9 Å². The van der Waals surface area contributed by atoms with Crippen LogP contribution in [-0.4, -0.2) is 62.4 Å². The van der Waals surface area contributed by atoms with Crippen LogP contribution in [0, 0.1) is 0 Å². The number of nitrogens with zero attached hydrogens (tertiary/aromatic N) is 1. The molecule has 1 aliphatic rings. The Hall–Kier alpha value is -2.33. The van der Waals surface area contributed by atoms with Crippen molar-refractivity contribution in [1.82, 2.24) is 10.2 Å². The van der Waals surface area contributed by atoms with Crippen molar-refractivity contribution in [2.45, 2.75) is 32.6 Å². The third-order valence-electron chi connectivity index (χ3n) is 4.40. The van der Waals surface area contributed by atoms with Crippen LogP contribution in [0.15, 0.2) is 24.3 Å². The molecule has 10 heteroatoms. The van der Waals surface area contributed by atoms with Gasteiger partial charge < -0.3 is 19.5 Å². The molecule has 1 aliphatic heterocycles. The van der Waals surface area contributed by atoms with Gasteiger partial charge in [0.15, 0.2) is 0 Å². The molecule has 0 radical (unpaired) electrons. The molecule has 1 fully saturated rings. The lowest BCUT2D eigenvalue weighted by Crippen LogP contribution is -2.55. The van der Waals surface area contributed by atoms with Crippen molar-refractivity contribution in [1.29, 1.82) is 0 Å². The summed E-state index contributed by atoms with van der Waals surface area (Å²) in [6.07, 6.45) is 2.43. The van der Waals surface area contributed by atoms with Crippen molar-refractivity contribution in [3.05, 3.63) is 29.8 Å². The molecule has 0 aliphatic carbocycles. The van der Waals surface area contributed by atoms with E-state index < -0.39 is 19.1 Å². The topological polar surface area (TPSA) is 60.0 Å². The van der Waals surface area contributed by atoms with Gasteiger partial charge in [0.1, 0.15) is 11.5 Å². The van der Waals surface area contributed by atoms with Crippen LogP contribution in [0.4, 0.5) is 17.6 Å². The molecule has 1 amide bonds. The summed E-state index contributed by atoms with van der Waals surface area (Å²) in [7, 11) is 0. The molecule has 2 rings (SSSR count). The van der Waals surface area contributed by atoms with E-state index >= 15 is 0 Å². The Morgan fingerprint density at radius 2 is 1.86 bits per heavy atom. The Morgan fingerprint density at radius 3 is 2.48 bits per heavy atom. The van der Waals surface area contributed by atoms with Gasteiger partial charge in [0.25, 0.3) is 0 Å². The van der Waals surface area contributed by atoms with Crippen LogP contribution >= 0.6 is 0 Å². The minimum Gasteiger partial charge on any atom is -0.435 e. The van der Waals surface area contributed by atoms with Crippen molar-refractivity contribution in [2.75, 3.05) is 32.8 Å². The van der Waals surface area contributed by atoms with Crippen LogP contribution in [0.2, 0.25) is 0 Å². The first-order chi connectivity index (χ1) is 13.7. The van der Waals surface area contributed by atoms with Gasteiger partial charge >= 0.3 is 13.2 Å². The first-order valence-corrected chi connectivity index (χ1v) is 9.00. The van der Waals surface area contributed by atoms with E-state index in [2.05, 4.69) is 19.7 Å². The van der Waals surface area contributed by atoms with E-state index in [9.17, 15) is 22.4 Å². The number of rotatable bonds is 9. The first-order valence-electron chi connectivity index (χ1n) is 9.00. The predicted octanol–water partition coefficient (Wildman–Crippen LogP) is 3.13. The van der Waals surface area contributed by atoms with E-state index in [0.29, 0.717) is 19.8 Å². The predicted molar refractivity (Wildman–Crippen MR) is 98.2 cm³/mol. The quantitative estimate of drug-likeness (QED) is 0.491. The second-order valence-electron chi connectivity index (χ2n) is 6.92. The maximum atomic E-state index is 12.6. The highest BCUT2D eigenvalue weighted by atomic mass is 19.3. The summed E-state index contributed by atoms with van der Waals surface area (Å²) in [6, 6.07) is 3.33. The fourth-order valence-electron chi connectivity index (χ4n) is 2.83. The number of benzene rings is 1. The minimum absolute atomic E-state index is 0.120. The van der Waals surface area contributed by atoms with Crippen LogP contribution < -0.4 is 14.8 Å². The first kappa shape index (κ1) is 23.0. The second-order valence-corrected chi connectivity index (χ2v) is 6.92. The van der Waals surface area contributed by atoms with Gasteiger partial charge in [-0.1, -0.05) is 0 Å². The van der Waals surface area contributed by atoms with Gasteiger partial charge in [-0.2, -0.15) is 17.6 Å².